The third-order valence-electron chi connectivity index (χ3n) is 3.14. The number of carboxylic acid groups (broad SMARTS) is 1. The molecule has 0 spiro atoms. The van der Waals surface area contributed by atoms with Crippen LogP contribution in [0.4, 0.5) is 8.78 Å². The minimum atomic E-state index is -1.06. The Labute approximate surface area is 122 Å². The molecule has 4 nitrogen and oxygen atoms in total. The first-order valence-electron chi connectivity index (χ1n) is 6.05. The SMILES string of the molecule is O=C(O)CC(NC(=O)c1c(F)cc(Br)cc1F)C1CC1. The van der Waals surface area contributed by atoms with Crippen LogP contribution >= 0.6 is 15.9 Å². The molecule has 2 rings (SSSR count). The van der Waals surface area contributed by atoms with Gasteiger partial charge in [-0.25, -0.2) is 8.78 Å². The first kappa shape index (κ1) is 14.9. The largest absolute Gasteiger partial charge is 0.481 e. The van der Waals surface area contributed by atoms with Gasteiger partial charge < -0.3 is 10.4 Å². The van der Waals surface area contributed by atoms with Crippen LogP contribution in [0, 0.1) is 17.6 Å². The Kier molecular flexibility index (Phi) is 4.37. The monoisotopic (exact) mass is 347 g/mol. The van der Waals surface area contributed by atoms with Gasteiger partial charge in [0, 0.05) is 10.5 Å². The molecule has 0 saturated heterocycles. The van der Waals surface area contributed by atoms with E-state index in [4.69, 9.17) is 5.11 Å². The second-order valence-electron chi connectivity index (χ2n) is 4.76. The van der Waals surface area contributed by atoms with Crippen molar-refractivity contribution < 1.29 is 23.5 Å². The van der Waals surface area contributed by atoms with Crippen molar-refractivity contribution in [1.29, 1.82) is 0 Å². The Hall–Kier alpha value is -1.50. The lowest BCUT2D eigenvalue weighted by Gasteiger charge is -2.16. The fourth-order valence-electron chi connectivity index (χ4n) is 2.02. The van der Waals surface area contributed by atoms with E-state index in [1.54, 1.807) is 0 Å². The average molecular weight is 348 g/mol. The van der Waals surface area contributed by atoms with Crippen LogP contribution in [0.3, 0.4) is 0 Å². The number of hydrogen-bond donors (Lipinski definition) is 2. The molecule has 1 amide bonds. The maximum atomic E-state index is 13.6. The number of nitrogens with one attached hydrogen (secondary N) is 1. The van der Waals surface area contributed by atoms with E-state index < -0.39 is 35.1 Å². The molecular formula is C13H12BrF2NO3. The molecule has 108 valence electrons. The van der Waals surface area contributed by atoms with Gasteiger partial charge in [0.15, 0.2) is 0 Å². The summed E-state index contributed by atoms with van der Waals surface area (Å²) in [7, 11) is 0. The zero-order valence-electron chi connectivity index (χ0n) is 10.3. The summed E-state index contributed by atoms with van der Waals surface area (Å²) in [5.74, 6) is -3.89. The summed E-state index contributed by atoms with van der Waals surface area (Å²) in [5, 5.41) is 11.2. The molecule has 1 fully saturated rings. The summed E-state index contributed by atoms with van der Waals surface area (Å²) in [4.78, 5) is 22.7. The minimum absolute atomic E-state index is 0.0663. The quantitative estimate of drug-likeness (QED) is 0.860. The van der Waals surface area contributed by atoms with E-state index in [-0.39, 0.29) is 16.8 Å². The molecule has 0 aliphatic heterocycles. The van der Waals surface area contributed by atoms with Gasteiger partial charge >= 0.3 is 5.97 Å². The summed E-state index contributed by atoms with van der Waals surface area (Å²) < 4.78 is 27.5. The molecule has 7 heteroatoms. The molecule has 20 heavy (non-hydrogen) atoms. The second-order valence-corrected chi connectivity index (χ2v) is 5.68. The highest BCUT2D eigenvalue weighted by atomic mass is 79.9. The minimum Gasteiger partial charge on any atom is -0.481 e. The lowest BCUT2D eigenvalue weighted by molar-refractivity contribution is -0.137. The Morgan fingerprint density at radius 3 is 2.35 bits per heavy atom. The van der Waals surface area contributed by atoms with Crippen molar-refractivity contribution in [3.05, 3.63) is 33.8 Å². The van der Waals surface area contributed by atoms with Gasteiger partial charge in [0.25, 0.3) is 5.91 Å². The maximum Gasteiger partial charge on any atom is 0.305 e. The van der Waals surface area contributed by atoms with Crippen molar-refractivity contribution >= 4 is 27.8 Å². The molecule has 0 bridgehead atoms. The van der Waals surface area contributed by atoms with Crippen LogP contribution in [0.1, 0.15) is 29.6 Å². The third-order valence-corrected chi connectivity index (χ3v) is 3.59. The number of carbonyl (C=O) groups excluding carboxylic acids is 1. The molecule has 1 aliphatic rings. The van der Waals surface area contributed by atoms with Gasteiger partial charge in [-0.1, -0.05) is 15.9 Å². The summed E-state index contributed by atoms with van der Waals surface area (Å²) >= 11 is 2.92. The number of aliphatic carboxylic acids is 1. The Morgan fingerprint density at radius 1 is 1.35 bits per heavy atom. The van der Waals surface area contributed by atoms with E-state index in [2.05, 4.69) is 21.2 Å². The van der Waals surface area contributed by atoms with Crippen LogP contribution in [-0.4, -0.2) is 23.0 Å². The van der Waals surface area contributed by atoms with E-state index >= 15 is 0 Å². The predicted octanol–water partition coefficient (Wildman–Crippen LogP) is 2.71. The maximum absolute atomic E-state index is 13.6. The van der Waals surface area contributed by atoms with Gasteiger partial charge in [0.2, 0.25) is 0 Å². The molecule has 1 saturated carbocycles. The van der Waals surface area contributed by atoms with Crippen LogP contribution in [0.5, 0.6) is 0 Å². The molecule has 1 aliphatic carbocycles. The van der Waals surface area contributed by atoms with Crippen LogP contribution in [0.25, 0.3) is 0 Å². The van der Waals surface area contributed by atoms with Crippen molar-refractivity contribution in [2.24, 2.45) is 5.92 Å². The van der Waals surface area contributed by atoms with Crippen molar-refractivity contribution in [2.75, 3.05) is 0 Å². The molecule has 1 unspecified atom stereocenters. The zero-order valence-corrected chi connectivity index (χ0v) is 11.9. The van der Waals surface area contributed by atoms with Crippen molar-refractivity contribution in [3.8, 4) is 0 Å². The van der Waals surface area contributed by atoms with Gasteiger partial charge in [0.05, 0.1) is 6.42 Å². The van der Waals surface area contributed by atoms with E-state index in [1.807, 2.05) is 0 Å². The smallest absolute Gasteiger partial charge is 0.305 e. The topological polar surface area (TPSA) is 66.4 Å². The molecule has 1 atom stereocenters. The van der Waals surface area contributed by atoms with E-state index in [9.17, 15) is 18.4 Å². The first-order valence-corrected chi connectivity index (χ1v) is 6.85. The Bertz CT molecular complexity index is 538. The average Bonchev–Trinajstić information content (AvgIpc) is 3.09. The van der Waals surface area contributed by atoms with Crippen molar-refractivity contribution in [1.82, 2.24) is 5.32 Å². The highest BCUT2D eigenvalue weighted by Gasteiger charge is 2.34. The summed E-state index contributed by atoms with van der Waals surface area (Å²) in [6.07, 6.45) is 1.36. The molecule has 1 aromatic carbocycles. The number of carboxylic acids is 1. The van der Waals surface area contributed by atoms with Gasteiger partial charge in [0.1, 0.15) is 17.2 Å². The molecular weight excluding hydrogens is 336 g/mol. The first-order chi connectivity index (χ1) is 9.38. The molecule has 2 N–H and O–H groups in total. The standard InChI is InChI=1S/C13H12BrF2NO3/c14-7-3-8(15)12(9(16)4-7)13(20)17-10(5-11(18)19)6-1-2-6/h3-4,6,10H,1-2,5H2,(H,17,20)(H,18,19). The van der Waals surface area contributed by atoms with Crippen molar-refractivity contribution in [2.45, 2.75) is 25.3 Å². The van der Waals surface area contributed by atoms with Crippen LogP contribution < -0.4 is 5.32 Å². The second kappa shape index (κ2) is 5.87. The lowest BCUT2D eigenvalue weighted by atomic mass is 10.1. The summed E-state index contributed by atoms with van der Waals surface area (Å²) in [6.45, 7) is 0. The number of amides is 1. The summed E-state index contributed by atoms with van der Waals surface area (Å²) in [5.41, 5.74) is -0.691. The molecule has 0 heterocycles. The predicted molar refractivity (Wildman–Crippen MR) is 70.3 cm³/mol. The van der Waals surface area contributed by atoms with Crippen LogP contribution in [0.15, 0.2) is 16.6 Å². The fourth-order valence-corrected chi connectivity index (χ4v) is 2.42. The zero-order chi connectivity index (χ0) is 14.9. The van der Waals surface area contributed by atoms with Gasteiger partial charge in [-0.3, -0.25) is 9.59 Å². The van der Waals surface area contributed by atoms with Crippen LogP contribution in [-0.2, 0) is 4.79 Å². The van der Waals surface area contributed by atoms with Crippen molar-refractivity contribution in [3.63, 3.8) is 0 Å². The summed E-state index contributed by atoms with van der Waals surface area (Å²) in [6, 6.07) is 1.38. The van der Waals surface area contributed by atoms with Gasteiger partial charge in [-0.05, 0) is 30.9 Å². The number of hydrogen-bond acceptors (Lipinski definition) is 2. The van der Waals surface area contributed by atoms with E-state index in [0.29, 0.717) is 0 Å². The Balaban J connectivity index is 2.16. The number of carbonyl (C=O) groups is 2. The Morgan fingerprint density at radius 2 is 1.90 bits per heavy atom. The molecule has 1 aromatic rings. The highest BCUT2D eigenvalue weighted by molar-refractivity contribution is 9.10. The number of halogens is 3. The van der Waals surface area contributed by atoms with Gasteiger partial charge in [-0.15, -0.1) is 0 Å². The normalized spacial score (nSPS) is 15.8. The van der Waals surface area contributed by atoms with Crippen LogP contribution in [0.2, 0.25) is 0 Å². The molecule has 0 radical (unpaired) electrons. The highest BCUT2D eigenvalue weighted by Crippen LogP contribution is 2.34. The third kappa shape index (κ3) is 3.53. The lowest BCUT2D eigenvalue weighted by Crippen LogP contribution is -2.38. The van der Waals surface area contributed by atoms with Gasteiger partial charge in [-0.2, -0.15) is 0 Å². The van der Waals surface area contributed by atoms with E-state index in [1.165, 1.54) is 0 Å². The number of rotatable bonds is 5. The fraction of sp³-hybridized carbons (Fsp3) is 0.385. The number of benzene rings is 1. The van der Waals surface area contributed by atoms with E-state index in [0.717, 1.165) is 25.0 Å². The molecule has 0 aromatic heterocycles.